The van der Waals surface area contributed by atoms with Crippen LogP contribution in [-0.4, -0.2) is 22.2 Å². The van der Waals surface area contributed by atoms with Gasteiger partial charge in [0.05, 0.1) is 6.26 Å². The molecule has 2 rings (SSSR count). The molecule has 2 aromatic heterocycles. The Labute approximate surface area is 68.6 Å². The predicted molar refractivity (Wildman–Crippen MR) is 43.8 cm³/mol. The van der Waals surface area contributed by atoms with Gasteiger partial charge in [-0.1, -0.05) is 0 Å². The number of aromatic nitrogens is 1. The first-order valence-corrected chi connectivity index (χ1v) is 3.45. The van der Waals surface area contributed by atoms with Gasteiger partial charge in [0.1, 0.15) is 11.8 Å². The molecular weight excluding hydrogens is 157 g/mol. The van der Waals surface area contributed by atoms with E-state index in [9.17, 15) is 0 Å². The Morgan fingerprint density at radius 2 is 2.17 bits per heavy atom. The van der Waals surface area contributed by atoms with E-state index >= 15 is 0 Å². The number of pyridine rings is 1. The van der Waals surface area contributed by atoms with Crippen LogP contribution in [0.3, 0.4) is 0 Å². The Kier molecular flexibility index (Phi) is 1.60. The van der Waals surface area contributed by atoms with Gasteiger partial charge in [-0.15, -0.1) is 0 Å². The Bertz CT molecular complexity index is 398. The normalized spacial score (nSPS) is 10.5. The summed E-state index contributed by atoms with van der Waals surface area (Å²) in [6.07, 6.45) is 4.42. The van der Waals surface area contributed by atoms with Crippen molar-refractivity contribution < 1.29 is 14.5 Å². The summed E-state index contributed by atoms with van der Waals surface area (Å²) in [7, 11) is -1.48. The molecule has 2 heterocycles. The molecular formula is C7H6BNO3. The SMILES string of the molecule is OB(O)c1cnc2cocc2c1. The molecule has 0 radical (unpaired) electrons. The zero-order valence-electron chi connectivity index (χ0n) is 6.14. The van der Waals surface area contributed by atoms with Gasteiger partial charge in [0.2, 0.25) is 0 Å². The third-order valence-electron chi connectivity index (χ3n) is 1.64. The maximum atomic E-state index is 8.81. The van der Waals surface area contributed by atoms with Gasteiger partial charge < -0.3 is 14.5 Å². The molecule has 0 bridgehead atoms. The molecule has 4 nitrogen and oxygen atoms in total. The highest BCUT2D eigenvalue weighted by Gasteiger charge is 2.11. The lowest BCUT2D eigenvalue weighted by molar-refractivity contribution is 0.425. The summed E-state index contributed by atoms with van der Waals surface area (Å²) >= 11 is 0. The van der Waals surface area contributed by atoms with Crippen molar-refractivity contribution >= 4 is 23.5 Å². The van der Waals surface area contributed by atoms with Crippen molar-refractivity contribution in [2.24, 2.45) is 0 Å². The Morgan fingerprint density at radius 3 is 2.92 bits per heavy atom. The summed E-state index contributed by atoms with van der Waals surface area (Å²) in [6, 6.07) is 1.62. The van der Waals surface area contributed by atoms with Crippen molar-refractivity contribution in [2.75, 3.05) is 0 Å². The van der Waals surface area contributed by atoms with Crippen molar-refractivity contribution in [3.63, 3.8) is 0 Å². The molecule has 0 unspecified atom stereocenters. The minimum Gasteiger partial charge on any atom is -0.470 e. The maximum Gasteiger partial charge on any atom is 0.490 e. The van der Waals surface area contributed by atoms with E-state index in [4.69, 9.17) is 14.5 Å². The Hall–Kier alpha value is -1.33. The van der Waals surface area contributed by atoms with Gasteiger partial charge in [0, 0.05) is 17.0 Å². The number of hydrogen-bond donors (Lipinski definition) is 2. The van der Waals surface area contributed by atoms with Crippen LogP contribution in [0.2, 0.25) is 0 Å². The molecule has 2 aromatic rings. The Balaban J connectivity index is 2.60. The number of nitrogens with zero attached hydrogens (tertiary/aromatic N) is 1. The fourth-order valence-electron chi connectivity index (χ4n) is 1.02. The zero-order valence-corrected chi connectivity index (χ0v) is 6.14. The van der Waals surface area contributed by atoms with Gasteiger partial charge in [-0.25, -0.2) is 0 Å². The smallest absolute Gasteiger partial charge is 0.470 e. The molecule has 2 N–H and O–H groups in total. The monoisotopic (exact) mass is 163 g/mol. The minimum atomic E-state index is -1.48. The molecule has 0 aliphatic carbocycles. The molecule has 0 spiro atoms. The first-order valence-electron chi connectivity index (χ1n) is 3.45. The van der Waals surface area contributed by atoms with E-state index in [0.29, 0.717) is 11.0 Å². The van der Waals surface area contributed by atoms with Gasteiger partial charge in [-0.2, -0.15) is 0 Å². The summed E-state index contributed by atoms with van der Waals surface area (Å²) in [6.45, 7) is 0. The van der Waals surface area contributed by atoms with Gasteiger partial charge in [0.15, 0.2) is 0 Å². The zero-order chi connectivity index (χ0) is 8.55. The second-order valence-electron chi connectivity index (χ2n) is 2.49. The standard InChI is InChI=1S/C7H6BNO3/c10-8(11)6-1-5-3-12-4-7(5)9-2-6/h1-4,10-11H. The average molecular weight is 163 g/mol. The molecule has 0 fully saturated rings. The molecule has 0 amide bonds. The summed E-state index contributed by atoms with van der Waals surface area (Å²) in [4.78, 5) is 3.95. The molecule has 60 valence electrons. The summed E-state index contributed by atoms with van der Waals surface area (Å²) in [5.41, 5.74) is 1.07. The van der Waals surface area contributed by atoms with Crippen LogP contribution in [0.5, 0.6) is 0 Å². The van der Waals surface area contributed by atoms with Crippen LogP contribution in [0.1, 0.15) is 0 Å². The van der Waals surface area contributed by atoms with Crippen molar-refractivity contribution in [1.82, 2.24) is 4.98 Å². The van der Waals surface area contributed by atoms with Crippen LogP contribution in [0.25, 0.3) is 10.9 Å². The lowest BCUT2D eigenvalue weighted by Gasteiger charge is -1.96. The van der Waals surface area contributed by atoms with Crippen LogP contribution in [0, 0.1) is 0 Å². The van der Waals surface area contributed by atoms with Crippen molar-refractivity contribution in [3.8, 4) is 0 Å². The van der Waals surface area contributed by atoms with E-state index in [2.05, 4.69) is 4.98 Å². The first-order chi connectivity index (χ1) is 5.77. The van der Waals surface area contributed by atoms with Crippen molar-refractivity contribution in [3.05, 3.63) is 24.8 Å². The third-order valence-corrected chi connectivity index (χ3v) is 1.64. The van der Waals surface area contributed by atoms with E-state index < -0.39 is 7.12 Å². The highest BCUT2D eigenvalue weighted by Crippen LogP contribution is 2.09. The number of hydrogen-bond acceptors (Lipinski definition) is 4. The van der Waals surface area contributed by atoms with Crippen LogP contribution < -0.4 is 5.46 Å². The summed E-state index contributed by atoms with van der Waals surface area (Å²) in [5, 5.41) is 18.4. The molecule has 0 aliphatic heterocycles. The number of rotatable bonds is 1. The van der Waals surface area contributed by atoms with E-state index in [-0.39, 0.29) is 0 Å². The van der Waals surface area contributed by atoms with E-state index in [0.717, 1.165) is 5.39 Å². The molecule has 0 saturated carbocycles. The second-order valence-corrected chi connectivity index (χ2v) is 2.49. The topological polar surface area (TPSA) is 66.5 Å². The quantitative estimate of drug-likeness (QED) is 0.556. The number of furan rings is 1. The van der Waals surface area contributed by atoms with E-state index in [1.165, 1.54) is 18.7 Å². The molecule has 0 saturated heterocycles. The third kappa shape index (κ3) is 1.09. The summed E-state index contributed by atoms with van der Waals surface area (Å²) in [5.74, 6) is 0. The van der Waals surface area contributed by atoms with Crippen LogP contribution in [-0.2, 0) is 0 Å². The highest BCUT2D eigenvalue weighted by molar-refractivity contribution is 6.58. The second kappa shape index (κ2) is 2.62. The van der Waals surface area contributed by atoms with Crippen molar-refractivity contribution in [1.29, 1.82) is 0 Å². The molecule has 0 aliphatic rings. The fourth-order valence-corrected chi connectivity index (χ4v) is 1.02. The average Bonchev–Trinajstić information content (AvgIpc) is 2.49. The molecule has 0 atom stereocenters. The van der Waals surface area contributed by atoms with Gasteiger partial charge in [-0.3, -0.25) is 4.98 Å². The molecule has 12 heavy (non-hydrogen) atoms. The van der Waals surface area contributed by atoms with Crippen molar-refractivity contribution in [2.45, 2.75) is 0 Å². The molecule has 0 aromatic carbocycles. The highest BCUT2D eigenvalue weighted by atomic mass is 16.4. The fraction of sp³-hybridized carbons (Fsp3) is 0. The summed E-state index contributed by atoms with van der Waals surface area (Å²) < 4.78 is 4.87. The van der Waals surface area contributed by atoms with Gasteiger partial charge in [0.25, 0.3) is 0 Å². The van der Waals surface area contributed by atoms with Crippen LogP contribution in [0.4, 0.5) is 0 Å². The lowest BCUT2D eigenvalue weighted by atomic mass is 9.81. The van der Waals surface area contributed by atoms with E-state index in [1.807, 2.05) is 0 Å². The van der Waals surface area contributed by atoms with Crippen LogP contribution in [0.15, 0.2) is 29.2 Å². The lowest BCUT2D eigenvalue weighted by Crippen LogP contribution is -2.29. The largest absolute Gasteiger partial charge is 0.490 e. The number of fused-ring (bicyclic) bond motifs is 1. The first kappa shape index (κ1) is 7.33. The maximum absolute atomic E-state index is 8.81. The Morgan fingerprint density at radius 1 is 1.33 bits per heavy atom. The van der Waals surface area contributed by atoms with Gasteiger partial charge in [-0.05, 0) is 6.07 Å². The van der Waals surface area contributed by atoms with E-state index in [1.54, 1.807) is 6.07 Å². The van der Waals surface area contributed by atoms with Gasteiger partial charge >= 0.3 is 7.12 Å². The minimum absolute atomic E-state index is 0.365. The van der Waals surface area contributed by atoms with Crippen LogP contribution >= 0.6 is 0 Å². The predicted octanol–water partition coefficient (Wildman–Crippen LogP) is -0.492. The molecule has 5 heteroatoms.